The number of para-hydroxylation sites is 3. The van der Waals surface area contributed by atoms with Gasteiger partial charge < -0.3 is 9.15 Å². The quantitative estimate of drug-likeness (QED) is 0.252. The fourth-order valence-electron chi connectivity index (χ4n) is 3.21. The van der Waals surface area contributed by atoms with Crippen LogP contribution in [0.5, 0.6) is 0 Å². The first-order chi connectivity index (χ1) is 13.7. The number of furan rings is 1. The van der Waals surface area contributed by atoms with Gasteiger partial charge in [0, 0.05) is 5.39 Å². The number of hydrogen-bond acceptors (Lipinski definition) is 6. The Morgan fingerprint density at radius 2 is 1.82 bits per heavy atom. The van der Waals surface area contributed by atoms with Crippen molar-refractivity contribution < 1.29 is 13.9 Å². The minimum absolute atomic E-state index is 0.197. The van der Waals surface area contributed by atoms with Crippen molar-refractivity contribution in [1.29, 1.82) is 0 Å². The third-order valence-electron chi connectivity index (χ3n) is 4.50. The van der Waals surface area contributed by atoms with Crippen LogP contribution < -0.4 is 0 Å². The van der Waals surface area contributed by atoms with Gasteiger partial charge in [-0.05, 0) is 36.4 Å². The molecule has 138 valence electrons. The Bertz CT molecular complexity index is 1340. The van der Waals surface area contributed by atoms with Gasteiger partial charge in [-0.25, -0.2) is 14.8 Å². The summed E-state index contributed by atoms with van der Waals surface area (Å²) in [6.07, 6.45) is 0. The molecule has 0 aliphatic carbocycles. The average Bonchev–Trinajstić information content (AvgIpc) is 3.36. The van der Waals surface area contributed by atoms with Gasteiger partial charge >= 0.3 is 5.97 Å². The Balaban J connectivity index is 1.61. The van der Waals surface area contributed by atoms with Crippen LogP contribution in [0.1, 0.15) is 16.3 Å². The highest BCUT2D eigenvalue weighted by Crippen LogP contribution is 2.30. The number of carbonyl (C=O) groups is 1. The molecule has 5 rings (SSSR count). The number of hydrogen-bond donors (Lipinski definition) is 0. The number of esters is 1. The Kier molecular flexibility index (Phi) is 4.02. The minimum Gasteiger partial charge on any atom is -0.463 e. The van der Waals surface area contributed by atoms with Crippen LogP contribution >= 0.6 is 11.8 Å². The molecular formula is C21H15N3O3S. The van der Waals surface area contributed by atoms with Crippen molar-refractivity contribution in [3.8, 4) is 0 Å². The van der Waals surface area contributed by atoms with Crippen LogP contribution in [0.15, 0.2) is 70.2 Å². The van der Waals surface area contributed by atoms with Crippen molar-refractivity contribution in [1.82, 2.24) is 14.4 Å². The van der Waals surface area contributed by atoms with Crippen molar-refractivity contribution in [2.75, 3.05) is 7.11 Å². The van der Waals surface area contributed by atoms with E-state index in [1.54, 1.807) is 12.1 Å². The van der Waals surface area contributed by atoms with Gasteiger partial charge in [-0.15, -0.1) is 0 Å². The zero-order valence-corrected chi connectivity index (χ0v) is 15.8. The normalized spacial score (nSPS) is 11.5. The second-order valence-corrected chi connectivity index (χ2v) is 7.16. The molecule has 3 aromatic heterocycles. The van der Waals surface area contributed by atoms with Crippen molar-refractivity contribution in [3.05, 3.63) is 72.2 Å². The number of rotatable bonds is 4. The summed E-state index contributed by atoms with van der Waals surface area (Å²) < 4.78 is 12.3. The average molecular weight is 389 g/mol. The summed E-state index contributed by atoms with van der Waals surface area (Å²) >= 11 is 1.54. The van der Waals surface area contributed by atoms with Crippen LogP contribution in [-0.2, 0) is 10.5 Å². The molecule has 0 bridgehead atoms. The summed E-state index contributed by atoms with van der Waals surface area (Å²) in [7, 11) is 1.33. The lowest BCUT2D eigenvalue weighted by molar-refractivity contribution is 0.0563. The number of methoxy groups -OCH3 is 1. The third kappa shape index (κ3) is 2.71. The van der Waals surface area contributed by atoms with Crippen LogP contribution in [0, 0.1) is 0 Å². The lowest BCUT2D eigenvalue weighted by atomic mass is 10.2. The van der Waals surface area contributed by atoms with E-state index in [1.165, 1.54) is 18.9 Å². The maximum Gasteiger partial charge on any atom is 0.373 e. The molecule has 0 aliphatic heterocycles. The maximum absolute atomic E-state index is 11.6. The largest absolute Gasteiger partial charge is 0.463 e. The molecule has 0 saturated heterocycles. The molecule has 7 heteroatoms. The van der Waals surface area contributed by atoms with Crippen LogP contribution in [-0.4, -0.2) is 27.4 Å². The van der Waals surface area contributed by atoms with Gasteiger partial charge in [0.25, 0.3) is 0 Å². The molecule has 5 aromatic rings. The summed E-state index contributed by atoms with van der Waals surface area (Å²) in [6.45, 7) is 0. The highest BCUT2D eigenvalue weighted by Gasteiger charge is 2.16. The predicted molar refractivity (Wildman–Crippen MR) is 108 cm³/mol. The van der Waals surface area contributed by atoms with Crippen molar-refractivity contribution in [2.45, 2.75) is 10.9 Å². The van der Waals surface area contributed by atoms with Gasteiger partial charge in [-0.1, -0.05) is 36.0 Å². The molecule has 3 heterocycles. The van der Waals surface area contributed by atoms with E-state index >= 15 is 0 Å². The number of nitrogens with zero attached hydrogens (tertiary/aromatic N) is 3. The van der Waals surface area contributed by atoms with Crippen molar-refractivity contribution >= 4 is 45.3 Å². The molecule has 0 saturated carbocycles. The molecule has 6 nitrogen and oxygen atoms in total. The SMILES string of the molecule is COC(=O)c1ccc(CSc2nc3ccccc3c3nc4ccccc4n23)o1. The number of fused-ring (bicyclic) bond motifs is 5. The molecule has 0 atom stereocenters. The first-order valence-electron chi connectivity index (χ1n) is 8.70. The Morgan fingerprint density at radius 1 is 1.04 bits per heavy atom. The van der Waals surface area contributed by atoms with Gasteiger partial charge in [0.1, 0.15) is 11.4 Å². The van der Waals surface area contributed by atoms with Gasteiger partial charge in [0.05, 0.1) is 29.4 Å². The molecule has 0 N–H and O–H groups in total. The third-order valence-corrected chi connectivity index (χ3v) is 5.47. The Morgan fingerprint density at radius 3 is 2.68 bits per heavy atom. The number of imidazole rings is 1. The van der Waals surface area contributed by atoms with E-state index in [1.807, 2.05) is 48.5 Å². The zero-order chi connectivity index (χ0) is 19.1. The van der Waals surface area contributed by atoms with Gasteiger partial charge in [-0.2, -0.15) is 0 Å². The maximum atomic E-state index is 11.6. The highest BCUT2D eigenvalue weighted by atomic mass is 32.2. The monoisotopic (exact) mass is 389 g/mol. The van der Waals surface area contributed by atoms with E-state index in [0.29, 0.717) is 11.5 Å². The number of thioether (sulfide) groups is 1. The first kappa shape index (κ1) is 16.8. The van der Waals surface area contributed by atoms with E-state index in [-0.39, 0.29) is 5.76 Å². The topological polar surface area (TPSA) is 69.6 Å². The molecule has 0 spiro atoms. The number of benzene rings is 2. The summed E-state index contributed by atoms with van der Waals surface area (Å²) in [6, 6.07) is 19.4. The fraction of sp³-hybridized carbons (Fsp3) is 0.0952. The lowest BCUT2D eigenvalue weighted by Crippen LogP contribution is -1.98. The molecular weight excluding hydrogens is 374 g/mol. The molecule has 0 unspecified atom stereocenters. The number of ether oxygens (including phenoxy) is 1. The number of aromatic nitrogens is 3. The standard InChI is InChI=1S/C21H15N3O3S/c1-26-20(25)18-11-10-13(27-18)12-28-21-23-15-7-3-2-6-14(15)19-22-16-8-4-5-9-17(16)24(19)21/h2-11H,12H2,1H3. The Labute approximate surface area is 164 Å². The van der Waals surface area contributed by atoms with Gasteiger partial charge in [0.2, 0.25) is 5.76 Å². The van der Waals surface area contributed by atoms with Crippen LogP contribution in [0.3, 0.4) is 0 Å². The zero-order valence-electron chi connectivity index (χ0n) is 15.0. The number of carbonyl (C=O) groups excluding carboxylic acids is 1. The Hall–Kier alpha value is -3.32. The fourth-order valence-corrected chi connectivity index (χ4v) is 4.12. The first-order valence-corrected chi connectivity index (χ1v) is 9.69. The lowest BCUT2D eigenvalue weighted by Gasteiger charge is -2.07. The molecule has 28 heavy (non-hydrogen) atoms. The smallest absolute Gasteiger partial charge is 0.373 e. The molecule has 0 fully saturated rings. The van der Waals surface area contributed by atoms with E-state index < -0.39 is 5.97 Å². The molecule has 2 aromatic carbocycles. The summed E-state index contributed by atoms with van der Waals surface area (Å²) in [5, 5.41) is 1.83. The molecule has 0 aliphatic rings. The molecule has 0 radical (unpaired) electrons. The summed E-state index contributed by atoms with van der Waals surface area (Å²) in [5.41, 5.74) is 3.70. The molecule has 0 amide bonds. The van der Waals surface area contributed by atoms with Crippen LogP contribution in [0.4, 0.5) is 0 Å². The van der Waals surface area contributed by atoms with E-state index in [9.17, 15) is 4.79 Å². The second-order valence-electron chi connectivity index (χ2n) is 6.22. The summed E-state index contributed by atoms with van der Waals surface area (Å²) in [5.74, 6) is 0.924. The minimum atomic E-state index is -0.483. The predicted octanol–water partition coefficient (Wildman–Crippen LogP) is 4.71. The van der Waals surface area contributed by atoms with Crippen molar-refractivity contribution in [2.24, 2.45) is 0 Å². The van der Waals surface area contributed by atoms with E-state index in [2.05, 4.69) is 4.40 Å². The van der Waals surface area contributed by atoms with Gasteiger partial charge in [-0.3, -0.25) is 4.40 Å². The van der Waals surface area contributed by atoms with Gasteiger partial charge in [0.15, 0.2) is 5.16 Å². The van der Waals surface area contributed by atoms with E-state index in [0.717, 1.165) is 32.7 Å². The summed E-state index contributed by atoms with van der Waals surface area (Å²) in [4.78, 5) is 21.3. The van der Waals surface area contributed by atoms with Crippen LogP contribution in [0.2, 0.25) is 0 Å². The van der Waals surface area contributed by atoms with Crippen LogP contribution in [0.25, 0.3) is 27.6 Å². The van der Waals surface area contributed by atoms with E-state index in [4.69, 9.17) is 19.1 Å². The highest BCUT2D eigenvalue weighted by molar-refractivity contribution is 7.98. The van der Waals surface area contributed by atoms with Crippen molar-refractivity contribution in [3.63, 3.8) is 0 Å². The second kappa shape index (κ2) is 6.69.